The molecule has 1 atom stereocenters. The van der Waals surface area contributed by atoms with Crippen molar-refractivity contribution in [2.45, 2.75) is 51.0 Å². The number of pyridine rings is 2. The molecule has 0 aliphatic carbocycles. The van der Waals surface area contributed by atoms with E-state index < -0.39 is 17.2 Å². The van der Waals surface area contributed by atoms with Gasteiger partial charge in [-0.25, -0.2) is 8.78 Å². The van der Waals surface area contributed by atoms with Gasteiger partial charge in [0.1, 0.15) is 5.54 Å². The molecule has 1 aromatic carbocycles. The Morgan fingerprint density at radius 2 is 1.94 bits per heavy atom. The van der Waals surface area contributed by atoms with Crippen LogP contribution >= 0.6 is 0 Å². The molecular formula is C27H28F2N4O2. The van der Waals surface area contributed by atoms with Gasteiger partial charge in [-0.3, -0.25) is 19.7 Å². The lowest BCUT2D eigenvalue weighted by atomic mass is 9.84. The highest BCUT2D eigenvalue weighted by atomic mass is 19.2. The zero-order valence-electron chi connectivity index (χ0n) is 19.9. The van der Waals surface area contributed by atoms with Crippen molar-refractivity contribution in [3.05, 3.63) is 94.6 Å². The zero-order chi connectivity index (χ0) is 24.6. The minimum Gasteiger partial charge on any atom is -0.365 e. The maximum Gasteiger partial charge on any atom is 0.217 e. The van der Waals surface area contributed by atoms with Gasteiger partial charge in [0, 0.05) is 50.7 Å². The number of nitrogens with one attached hydrogen (secondary N) is 1. The highest BCUT2D eigenvalue weighted by Gasteiger charge is 2.42. The van der Waals surface area contributed by atoms with Crippen molar-refractivity contribution in [3.8, 4) is 0 Å². The van der Waals surface area contributed by atoms with Crippen molar-refractivity contribution >= 4 is 5.91 Å². The third kappa shape index (κ3) is 4.44. The van der Waals surface area contributed by atoms with Crippen LogP contribution in [0, 0.1) is 11.6 Å². The molecule has 1 amide bonds. The maximum atomic E-state index is 14.0. The van der Waals surface area contributed by atoms with Crippen LogP contribution in [0.1, 0.15) is 54.6 Å². The molecule has 5 rings (SSSR count). The van der Waals surface area contributed by atoms with Crippen LogP contribution in [0.4, 0.5) is 8.78 Å². The molecule has 0 radical (unpaired) electrons. The number of rotatable bonds is 5. The van der Waals surface area contributed by atoms with Gasteiger partial charge < -0.3 is 10.1 Å². The van der Waals surface area contributed by atoms with E-state index >= 15 is 0 Å². The molecule has 0 unspecified atom stereocenters. The average Bonchev–Trinajstić information content (AvgIpc) is 3.20. The van der Waals surface area contributed by atoms with Crippen molar-refractivity contribution in [1.82, 2.24) is 20.2 Å². The first kappa shape index (κ1) is 23.5. The monoisotopic (exact) mass is 478 g/mol. The number of piperidine rings is 1. The number of carbonyl (C=O) groups is 1. The van der Waals surface area contributed by atoms with Gasteiger partial charge in [0.25, 0.3) is 0 Å². The summed E-state index contributed by atoms with van der Waals surface area (Å²) < 4.78 is 33.7. The number of aromatic nitrogens is 2. The fourth-order valence-electron chi connectivity index (χ4n) is 5.25. The van der Waals surface area contributed by atoms with E-state index in [0.29, 0.717) is 17.9 Å². The Kier molecular flexibility index (Phi) is 6.11. The van der Waals surface area contributed by atoms with E-state index in [1.54, 1.807) is 13.1 Å². The van der Waals surface area contributed by atoms with Gasteiger partial charge in [-0.05, 0) is 60.7 Å². The topological polar surface area (TPSA) is 67.4 Å². The number of amides is 1. The van der Waals surface area contributed by atoms with E-state index in [9.17, 15) is 13.6 Å². The molecule has 2 aromatic heterocycles. The van der Waals surface area contributed by atoms with Crippen LogP contribution < -0.4 is 5.32 Å². The first-order valence-electron chi connectivity index (χ1n) is 11.8. The first-order valence-corrected chi connectivity index (χ1v) is 11.8. The zero-order valence-corrected chi connectivity index (χ0v) is 19.9. The fourth-order valence-corrected chi connectivity index (χ4v) is 5.25. The third-order valence-electron chi connectivity index (χ3n) is 7.24. The molecule has 1 spiro atoms. The summed E-state index contributed by atoms with van der Waals surface area (Å²) in [5, 5.41) is 2.85. The highest BCUT2D eigenvalue weighted by molar-refractivity contribution is 5.74. The summed E-state index contributed by atoms with van der Waals surface area (Å²) in [4.78, 5) is 23.2. The van der Waals surface area contributed by atoms with Crippen LogP contribution in [0.2, 0.25) is 0 Å². The lowest BCUT2D eigenvalue weighted by Crippen LogP contribution is -2.44. The summed E-state index contributed by atoms with van der Waals surface area (Å²) in [7, 11) is 0. The molecule has 1 N–H and O–H groups in total. The molecule has 182 valence electrons. The summed E-state index contributed by atoms with van der Waals surface area (Å²) in [5.41, 5.74) is 3.12. The maximum absolute atomic E-state index is 14.0. The van der Waals surface area contributed by atoms with Crippen molar-refractivity contribution in [1.29, 1.82) is 0 Å². The Labute approximate surface area is 203 Å². The van der Waals surface area contributed by atoms with E-state index in [-0.39, 0.29) is 11.5 Å². The van der Waals surface area contributed by atoms with E-state index in [0.717, 1.165) is 50.2 Å². The molecule has 3 aromatic rings. The molecular weight excluding hydrogens is 450 g/mol. The van der Waals surface area contributed by atoms with Crippen LogP contribution in [-0.4, -0.2) is 33.9 Å². The first-order chi connectivity index (χ1) is 16.8. The van der Waals surface area contributed by atoms with Crippen molar-refractivity contribution < 1.29 is 18.3 Å². The lowest BCUT2D eigenvalue weighted by Gasteiger charge is -2.39. The summed E-state index contributed by atoms with van der Waals surface area (Å²) >= 11 is 0. The lowest BCUT2D eigenvalue weighted by molar-refractivity contribution is -0.120. The van der Waals surface area contributed by atoms with Gasteiger partial charge in [-0.1, -0.05) is 12.1 Å². The van der Waals surface area contributed by atoms with Crippen LogP contribution in [0.3, 0.4) is 0 Å². The minimum absolute atomic E-state index is 0.229. The Bertz CT molecular complexity index is 1240. The smallest absolute Gasteiger partial charge is 0.217 e. The molecule has 6 nitrogen and oxygen atoms in total. The van der Waals surface area contributed by atoms with Crippen molar-refractivity contribution in [2.24, 2.45) is 0 Å². The molecule has 2 aliphatic rings. The molecule has 35 heavy (non-hydrogen) atoms. The van der Waals surface area contributed by atoms with Crippen LogP contribution in [0.25, 0.3) is 0 Å². The molecule has 1 fully saturated rings. The quantitative estimate of drug-likeness (QED) is 0.596. The largest absolute Gasteiger partial charge is 0.365 e. The highest BCUT2D eigenvalue weighted by Crippen LogP contribution is 2.43. The van der Waals surface area contributed by atoms with Gasteiger partial charge in [0.15, 0.2) is 11.6 Å². The number of nitrogens with zero attached hydrogens (tertiary/aromatic N) is 3. The molecule has 2 aliphatic heterocycles. The number of hydrogen-bond donors (Lipinski definition) is 1. The minimum atomic E-state index is -1.10. The predicted molar refractivity (Wildman–Crippen MR) is 126 cm³/mol. The second-order valence-corrected chi connectivity index (χ2v) is 9.58. The summed E-state index contributed by atoms with van der Waals surface area (Å²) in [5.74, 6) is -2.20. The Balaban J connectivity index is 1.29. The Hall–Kier alpha value is -3.23. The number of likely N-dealkylation sites (tertiary alicyclic amines) is 1. The van der Waals surface area contributed by atoms with E-state index in [2.05, 4.69) is 20.2 Å². The second-order valence-electron chi connectivity index (χ2n) is 9.58. The molecule has 0 saturated carbocycles. The Morgan fingerprint density at radius 1 is 1.14 bits per heavy atom. The standard InChI is InChI=1S/C27H28F2N4O2/c1-18(34)32-26(2,21-4-5-23(28)24(29)13-21)25-6-3-19(14-31-25)16-33-11-8-27(9-12-33)22-15-30-10-7-20(22)17-35-27/h3-7,10,13-15H,8-9,11-12,16-17H2,1-2H3,(H,32,34)/t26-/m0/s1. The van der Waals surface area contributed by atoms with Gasteiger partial charge in [-0.15, -0.1) is 0 Å². The van der Waals surface area contributed by atoms with Crippen molar-refractivity contribution in [2.75, 3.05) is 13.1 Å². The SMILES string of the molecule is CC(=O)N[C@@](C)(c1ccc(F)c(F)c1)c1ccc(CN2CCC3(CC2)OCc2ccncc23)cn1. The second kappa shape index (κ2) is 9.09. The number of halogens is 2. The van der Waals surface area contributed by atoms with E-state index in [1.165, 1.54) is 24.1 Å². The van der Waals surface area contributed by atoms with Crippen molar-refractivity contribution in [3.63, 3.8) is 0 Å². The van der Waals surface area contributed by atoms with Crippen LogP contribution in [-0.2, 0) is 33.8 Å². The van der Waals surface area contributed by atoms with Gasteiger partial charge >= 0.3 is 0 Å². The van der Waals surface area contributed by atoms with E-state index in [1.807, 2.05) is 30.6 Å². The normalized spacial score (nSPS) is 18.7. The number of ether oxygens (including phenoxy) is 1. The number of carbonyl (C=O) groups excluding carboxylic acids is 1. The molecule has 8 heteroatoms. The number of hydrogen-bond acceptors (Lipinski definition) is 5. The summed E-state index contributed by atoms with van der Waals surface area (Å²) in [6.45, 7) is 6.31. The Morgan fingerprint density at radius 3 is 2.63 bits per heavy atom. The van der Waals surface area contributed by atoms with Crippen LogP contribution in [0.15, 0.2) is 55.0 Å². The summed E-state index contributed by atoms with van der Waals surface area (Å²) in [6.07, 6.45) is 7.36. The fraction of sp³-hybridized carbons (Fsp3) is 0.370. The van der Waals surface area contributed by atoms with Gasteiger partial charge in [0.2, 0.25) is 5.91 Å². The number of benzene rings is 1. The van der Waals surface area contributed by atoms with E-state index in [4.69, 9.17) is 4.74 Å². The average molecular weight is 479 g/mol. The molecule has 1 saturated heterocycles. The number of fused-ring (bicyclic) bond motifs is 2. The molecule has 0 bridgehead atoms. The van der Waals surface area contributed by atoms with Gasteiger partial charge in [0.05, 0.1) is 17.9 Å². The predicted octanol–water partition coefficient (Wildman–Crippen LogP) is 4.18. The molecule has 4 heterocycles. The summed E-state index contributed by atoms with van der Waals surface area (Å²) in [6, 6.07) is 9.47. The third-order valence-corrected chi connectivity index (χ3v) is 7.24. The van der Waals surface area contributed by atoms with Crippen LogP contribution in [0.5, 0.6) is 0 Å². The van der Waals surface area contributed by atoms with Gasteiger partial charge in [-0.2, -0.15) is 0 Å².